The van der Waals surface area contributed by atoms with Crippen LogP contribution in [0.15, 0.2) is 11.8 Å². The Bertz CT molecular complexity index is 109. The molecule has 0 unspecified atom stereocenters. The first-order valence-corrected chi connectivity index (χ1v) is 1.86. The Balaban J connectivity index is 3.68. The predicted molar refractivity (Wildman–Crippen MR) is 26.9 cm³/mol. The largest absolute Gasteiger partial charge is 0.404 e. The van der Waals surface area contributed by atoms with Gasteiger partial charge in [-0.15, -0.1) is 0 Å². The molecule has 0 saturated heterocycles. The summed E-state index contributed by atoms with van der Waals surface area (Å²) in [6.07, 6.45) is 1.21. The predicted octanol–water partition coefficient (Wildman–Crippen LogP) is -0.689. The molecule has 0 saturated carbocycles. The quantitative estimate of drug-likeness (QED) is 0.425. The highest BCUT2D eigenvalue weighted by Gasteiger charge is 1.82. The van der Waals surface area contributed by atoms with Gasteiger partial charge in [0.25, 0.3) is 0 Å². The molecule has 0 atom stereocenters. The lowest BCUT2D eigenvalue weighted by Crippen LogP contribution is -2.02. The molecule has 7 heavy (non-hydrogen) atoms. The first-order valence-electron chi connectivity index (χ1n) is 1.86. The molecule has 0 fully saturated rings. The Labute approximate surface area is 42.2 Å². The van der Waals surface area contributed by atoms with Gasteiger partial charge in [-0.2, -0.15) is 5.26 Å². The number of rotatable bonds is 1. The topological polar surface area (TPSA) is 75.8 Å². The van der Waals surface area contributed by atoms with Crippen LogP contribution in [0.25, 0.3) is 0 Å². The van der Waals surface area contributed by atoms with Crippen LogP contribution in [-0.2, 0) is 0 Å². The number of nitrogens with zero attached hydrogens (tertiary/aromatic N) is 1. The highest BCUT2D eigenvalue weighted by Crippen LogP contribution is 1.79. The van der Waals surface area contributed by atoms with Crippen molar-refractivity contribution in [3.05, 3.63) is 11.8 Å². The van der Waals surface area contributed by atoms with Crippen LogP contribution in [0.5, 0.6) is 0 Å². The number of nitrogens with two attached hydrogens (primary N) is 2. The maximum Gasteiger partial charge on any atom is 0.0975 e. The van der Waals surface area contributed by atoms with Gasteiger partial charge in [0.05, 0.1) is 11.6 Å². The maximum atomic E-state index is 8.05. The molecule has 0 rings (SSSR count). The standard InChI is InChI=1S/C4H7N3/c5-1-4(2-6)3-7/h1H,2,5-6H2/b4-1-. The number of nitriles is 1. The Kier molecular flexibility index (Phi) is 2.73. The Morgan fingerprint density at radius 2 is 2.43 bits per heavy atom. The number of hydrogen-bond acceptors (Lipinski definition) is 3. The fraction of sp³-hybridized carbons (Fsp3) is 0.250. The molecule has 0 amide bonds. The Morgan fingerprint density at radius 3 is 2.43 bits per heavy atom. The van der Waals surface area contributed by atoms with E-state index in [1.807, 2.05) is 6.07 Å². The molecule has 0 aliphatic carbocycles. The van der Waals surface area contributed by atoms with Crippen molar-refractivity contribution in [2.75, 3.05) is 6.54 Å². The van der Waals surface area contributed by atoms with Crippen molar-refractivity contribution in [1.29, 1.82) is 5.26 Å². The molecule has 0 aliphatic rings. The van der Waals surface area contributed by atoms with E-state index in [0.29, 0.717) is 5.57 Å². The van der Waals surface area contributed by atoms with Gasteiger partial charge in [0.15, 0.2) is 0 Å². The summed E-state index contributed by atoms with van der Waals surface area (Å²) in [7, 11) is 0. The summed E-state index contributed by atoms with van der Waals surface area (Å²) in [6.45, 7) is 0.229. The first kappa shape index (κ1) is 5.99. The van der Waals surface area contributed by atoms with Crippen molar-refractivity contribution in [3.8, 4) is 6.07 Å². The summed E-state index contributed by atoms with van der Waals surface area (Å²) in [4.78, 5) is 0. The van der Waals surface area contributed by atoms with Crippen molar-refractivity contribution in [1.82, 2.24) is 0 Å². The number of hydrogen-bond donors (Lipinski definition) is 2. The summed E-state index contributed by atoms with van der Waals surface area (Å²) in [5, 5.41) is 8.05. The molecule has 0 heterocycles. The molecule has 0 aromatic rings. The van der Waals surface area contributed by atoms with Gasteiger partial charge in [0.1, 0.15) is 0 Å². The van der Waals surface area contributed by atoms with E-state index >= 15 is 0 Å². The normalized spacial score (nSPS) is 10.6. The fourth-order valence-corrected chi connectivity index (χ4v) is 0.151. The third-order valence-electron chi connectivity index (χ3n) is 0.565. The third-order valence-corrected chi connectivity index (χ3v) is 0.565. The molecule has 0 radical (unpaired) electrons. The summed E-state index contributed by atoms with van der Waals surface area (Å²) < 4.78 is 0. The second kappa shape index (κ2) is 3.19. The molecule has 38 valence electrons. The van der Waals surface area contributed by atoms with Gasteiger partial charge in [-0.1, -0.05) is 0 Å². The van der Waals surface area contributed by atoms with Crippen LogP contribution in [0.1, 0.15) is 0 Å². The molecule has 0 aromatic carbocycles. The third kappa shape index (κ3) is 1.79. The van der Waals surface area contributed by atoms with Crippen molar-refractivity contribution in [2.24, 2.45) is 11.5 Å². The van der Waals surface area contributed by atoms with Crippen LogP contribution in [0.4, 0.5) is 0 Å². The summed E-state index contributed by atoms with van der Waals surface area (Å²) >= 11 is 0. The molecule has 0 bridgehead atoms. The van der Waals surface area contributed by atoms with Gasteiger partial charge < -0.3 is 11.5 Å². The van der Waals surface area contributed by atoms with E-state index in [0.717, 1.165) is 0 Å². The van der Waals surface area contributed by atoms with Gasteiger partial charge in [-0.3, -0.25) is 0 Å². The molecule has 0 aliphatic heterocycles. The van der Waals surface area contributed by atoms with E-state index < -0.39 is 0 Å². The average Bonchev–Trinajstić information content (AvgIpc) is 1.72. The average molecular weight is 97.1 g/mol. The molecular weight excluding hydrogens is 90.1 g/mol. The second-order valence-corrected chi connectivity index (χ2v) is 1.01. The van der Waals surface area contributed by atoms with E-state index in [1.54, 1.807) is 0 Å². The van der Waals surface area contributed by atoms with Crippen LogP contribution in [0.3, 0.4) is 0 Å². The molecule has 0 spiro atoms. The smallest absolute Gasteiger partial charge is 0.0975 e. The first-order chi connectivity index (χ1) is 3.35. The van der Waals surface area contributed by atoms with Crippen LogP contribution < -0.4 is 11.5 Å². The Morgan fingerprint density at radius 1 is 1.86 bits per heavy atom. The SMILES string of the molecule is N#C/C(=C\N)CN. The lowest BCUT2D eigenvalue weighted by molar-refractivity contribution is 1.17. The van der Waals surface area contributed by atoms with Crippen LogP contribution in [-0.4, -0.2) is 6.54 Å². The zero-order chi connectivity index (χ0) is 5.70. The van der Waals surface area contributed by atoms with E-state index in [-0.39, 0.29) is 6.54 Å². The zero-order valence-corrected chi connectivity index (χ0v) is 3.89. The fourth-order valence-electron chi connectivity index (χ4n) is 0.151. The minimum Gasteiger partial charge on any atom is -0.404 e. The highest BCUT2D eigenvalue weighted by atomic mass is 14.6. The summed E-state index contributed by atoms with van der Waals surface area (Å²) in [6, 6.07) is 1.81. The van der Waals surface area contributed by atoms with E-state index in [2.05, 4.69) is 0 Å². The molecule has 3 nitrogen and oxygen atoms in total. The Hall–Kier alpha value is -1.01. The van der Waals surface area contributed by atoms with E-state index in [9.17, 15) is 0 Å². The molecular formula is C4H7N3. The molecule has 4 N–H and O–H groups in total. The summed E-state index contributed by atoms with van der Waals surface area (Å²) in [5.74, 6) is 0. The minimum absolute atomic E-state index is 0.229. The van der Waals surface area contributed by atoms with Crippen molar-refractivity contribution in [2.45, 2.75) is 0 Å². The van der Waals surface area contributed by atoms with Gasteiger partial charge in [0, 0.05) is 12.7 Å². The van der Waals surface area contributed by atoms with Gasteiger partial charge in [0.2, 0.25) is 0 Å². The molecule has 3 heteroatoms. The van der Waals surface area contributed by atoms with Crippen molar-refractivity contribution < 1.29 is 0 Å². The van der Waals surface area contributed by atoms with Crippen LogP contribution >= 0.6 is 0 Å². The second-order valence-electron chi connectivity index (χ2n) is 1.01. The summed E-state index contributed by atoms with van der Waals surface area (Å²) in [5.41, 5.74) is 10.4. The highest BCUT2D eigenvalue weighted by molar-refractivity contribution is 5.19. The molecule has 0 aromatic heterocycles. The van der Waals surface area contributed by atoms with Gasteiger partial charge >= 0.3 is 0 Å². The lowest BCUT2D eigenvalue weighted by Gasteiger charge is -1.82. The van der Waals surface area contributed by atoms with Crippen LogP contribution in [0, 0.1) is 11.3 Å². The zero-order valence-electron chi connectivity index (χ0n) is 3.89. The minimum atomic E-state index is 0.229. The van der Waals surface area contributed by atoms with Gasteiger partial charge in [-0.25, -0.2) is 0 Å². The van der Waals surface area contributed by atoms with Crippen LogP contribution in [0.2, 0.25) is 0 Å². The maximum absolute atomic E-state index is 8.05. The van der Waals surface area contributed by atoms with E-state index in [1.165, 1.54) is 6.20 Å². The van der Waals surface area contributed by atoms with E-state index in [4.69, 9.17) is 16.7 Å². The van der Waals surface area contributed by atoms with Crippen molar-refractivity contribution >= 4 is 0 Å². The monoisotopic (exact) mass is 97.1 g/mol. The van der Waals surface area contributed by atoms with Gasteiger partial charge in [-0.05, 0) is 0 Å². The lowest BCUT2D eigenvalue weighted by atomic mass is 10.3. The van der Waals surface area contributed by atoms with Crippen molar-refractivity contribution in [3.63, 3.8) is 0 Å².